The molecule has 1 atom stereocenters. The monoisotopic (exact) mass is 246 g/mol. The molecule has 0 saturated carbocycles. The topological polar surface area (TPSA) is 71.5 Å². The summed E-state index contributed by atoms with van der Waals surface area (Å²) in [5.41, 5.74) is 1.56. The zero-order chi connectivity index (χ0) is 13.0. The lowest BCUT2D eigenvalue weighted by Crippen LogP contribution is -2.34. The molecular formula is C13H14N2O3. The molecule has 0 spiro atoms. The highest BCUT2D eigenvalue weighted by Gasteiger charge is 2.18. The van der Waals surface area contributed by atoms with Gasteiger partial charge in [0.1, 0.15) is 6.04 Å². The summed E-state index contributed by atoms with van der Waals surface area (Å²) in [7, 11) is 1.29. The highest BCUT2D eigenvalue weighted by molar-refractivity contribution is 5.92. The molecule has 5 nitrogen and oxygen atoms in total. The van der Waals surface area contributed by atoms with Crippen LogP contribution in [0.2, 0.25) is 0 Å². The highest BCUT2D eigenvalue weighted by atomic mass is 16.5. The van der Waals surface area contributed by atoms with E-state index in [2.05, 4.69) is 15.0 Å². The van der Waals surface area contributed by atoms with Crippen molar-refractivity contribution in [2.45, 2.75) is 6.04 Å². The molecule has 18 heavy (non-hydrogen) atoms. The number of para-hydroxylation sites is 1. The van der Waals surface area contributed by atoms with Crippen LogP contribution < -0.4 is 5.32 Å². The number of methoxy groups -OCH3 is 1. The molecule has 0 saturated heterocycles. The molecule has 1 unspecified atom stereocenters. The largest absolute Gasteiger partial charge is 0.467 e. The van der Waals surface area contributed by atoms with E-state index in [1.54, 1.807) is 12.3 Å². The Morgan fingerprint density at radius 1 is 1.44 bits per heavy atom. The number of benzene rings is 1. The number of aliphatic hydroxyl groups excluding tert-OH is 1. The molecule has 2 aromatic rings. The Morgan fingerprint density at radius 3 is 2.94 bits per heavy atom. The molecule has 1 heterocycles. The number of anilines is 1. The maximum Gasteiger partial charge on any atom is 0.330 e. The summed E-state index contributed by atoms with van der Waals surface area (Å²) in [5, 5.41) is 13.0. The Bertz CT molecular complexity index is 551. The summed E-state index contributed by atoms with van der Waals surface area (Å²) >= 11 is 0. The number of esters is 1. The number of ether oxygens (including phenoxy) is 1. The first kappa shape index (κ1) is 12.3. The van der Waals surface area contributed by atoms with E-state index < -0.39 is 12.0 Å². The lowest BCUT2D eigenvalue weighted by atomic mass is 10.1. The fourth-order valence-corrected chi connectivity index (χ4v) is 1.73. The standard InChI is InChI=1S/C13H14N2O3/c1-18-13(17)12(8-16)15-11-6-7-14-10-5-3-2-4-9(10)11/h2-7,12,16H,8H2,1H3,(H,14,15). The van der Waals surface area contributed by atoms with Crippen LogP contribution in [0.1, 0.15) is 0 Å². The maximum atomic E-state index is 11.4. The number of nitrogens with zero attached hydrogens (tertiary/aromatic N) is 1. The van der Waals surface area contributed by atoms with Crippen molar-refractivity contribution in [2.75, 3.05) is 19.0 Å². The first-order valence-corrected chi connectivity index (χ1v) is 5.55. The normalized spacial score (nSPS) is 12.1. The van der Waals surface area contributed by atoms with E-state index in [1.807, 2.05) is 24.3 Å². The third-order valence-corrected chi connectivity index (χ3v) is 2.65. The smallest absolute Gasteiger partial charge is 0.330 e. The quantitative estimate of drug-likeness (QED) is 0.793. The fourth-order valence-electron chi connectivity index (χ4n) is 1.73. The summed E-state index contributed by atoms with van der Waals surface area (Å²) in [6.07, 6.45) is 1.65. The van der Waals surface area contributed by atoms with E-state index in [0.717, 1.165) is 16.6 Å². The predicted molar refractivity (Wildman–Crippen MR) is 68.3 cm³/mol. The second-order valence-electron chi connectivity index (χ2n) is 3.78. The molecule has 0 aliphatic heterocycles. The molecule has 1 aromatic heterocycles. The molecule has 2 rings (SSSR count). The number of hydrogen-bond donors (Lipinski definition) is 2. The number of fused-ring (bicyclic) bond motifs is 1. The predicted octanol–water partition coefficient (Wildman–Crippen LogP) is 1.18. The molecule has 0 amide bonds. The average Bonchev–Trinajstić information content (AvgIpc) is 2.44. The Balaban J connectivity index is 2.33. The third kappa shape index (κ3) is 2.41. The van der Waals surface area contributed by atoms with Gasteiger partial charge in [-0.3, -0.25) is 4.98 Å². The number of carbonyl (C=O) groups is 1. The molecule has 0 fully saturated rings. The van der Waals surface area contributed by atoms with Gasteiger partial charge in [-0.05, 0) is 12.1 Å². The van der Waals surface area contributed by atoms with Gasteiger partial charge in [0.15, 0.2) is 0 Å². The molecule has 5 heteroatoms. The first-order valence-electron chi connectivity index (χ1n) is 5.55. The zero-order valence-corrected chi connectivity index (χ0v) is 9.96. The number of nitrogens with one attached hydrogen (secondary N) is 1. The molecular weight excluding hydrogens is 232 g/mol. The van der Waals surface area contributed by atoms with Gasteiger partial charge in [0.05, 0.1) is 19.2 Å². The highest BCUT2D eigenvalue weighted by Crippen LogP contribution is 2.21. The van der Waals surface area contributed by atoms with Crippen LogP contribution in [0.4, 0.5) is 5.69 Å². The van der Waals surface area contributed by atoms with Crippen LogP contribution in [0.5, 0.6) is 0 Å². The molecule has 0 radical (unpaired) electrons. The SMILES string of the molecule is COC(=O)C(CO)Nc1ccnc2ccccc12. The van der Waals surface area contributed by atoms with Crippen LogP contribution in [0, 0.1) is 0 Å². The van der Waals surface area contributed by atoms with E-state index >= 15 is 0 Å². The van der Waals surface area contributed by atoms with E-state index in [-0.39, 0.29) is 6.61 Å². The third-order valence-electron chi connectivity index (χ3n) is 2.65. The van der Waals surface area contributed by atoms with Gasteiger partial charge in [-0.25, -0.2) is 4.79 Å². The van der Waals surface area contributed by atoms with Crippen LogP contribution in [-0.2, 0) is 9.53 Å². The van der Waals surface area contributed by atoms with Gasteiger partial charge < -0.3 is 15.2 Å². The van der Waals surface area contributed by atoms with Gasteiger partial charge in [0.25, 0.3) is 0 Å². The number of rotatable bonds is 4. The first-order chi connectivity index (χ1) is 8.76. The van der Waals surface area contributed by atoms with Gasteiger partial charge in [-0.1, -0.05) is 18.2 Å². The van der Waals surface area contributed by atoms with Crippen LogP contribution in [-0.4, -0.2) is 35.8 Å². The van der Waals surface area contributed by atoms with Crippen molar-refractivity contribution in [1.82, 2.24) is 4.98 Å². The Morgan fingerprint density at radius 2 is 2.22 bits per heavy atom. The molecule has 94 valence electrons. The van der Waals surface area contributed by atoms with Gasteiger partial charge in [-0.15, -0.1) is 0 Å². The van der Waals surface area contributed by atoms with Crippen molar-refractivity contribution in [3.63, 3.8) is 0 Å². The van der Waals surface area contributed by atoms with E-state index in [1.165, 1.54) is 7.11 Å². The number of hydrogen-bond acceptors (Lipinski definition) is 5. The van der Waals surface area contributed by atoms with E-state index in [0.29, 0.717) is 0 Å². The van der Waals surface area contributed by atoms with Gasteiger partial charge in [0.2, 0.25) is 0 Å². The fraction of sp³-hybridized carbons (Fsp3) is 0.231. The number of carbonyl (C=O) groups excluding carboxylic acids is 1. The zero-order valence-electron chi connectivity index (χ0n) is 9.96. The summed E-state index contributed by atoms with van der Waals surface area (Å²) < 4.78 is 4.61. The minimum absolute atomic E-state index is 0.330. The van der Waals surface area contributed by atoms with Gasteiger partial charge >= 0.3 is 5.97 Å². The second-order valence-corrected chi connectivity index (χ2v) is 3.78. The summed E-state index contributed by atoms with van der Waals surface area (Å²) in [6.45, 7) is -0.330. The van der Waals surface area contributed by atoms with E-state index in [9.17, 15) is 9.90 Å². The minimum Gasteiger partial charge on any atom is -0.467 e. The molecule has 2 N–H and O–H groups in total. The van der Waals surface area contributed by atoms with Crippen molar-refractivity contribution in [1.29, 1.82) is 0 Å². The van der Waals surface area contributed by atoms with Crippen molar-refractivity contribution in [3.8, 4) is 0 Å². The molecule has 1 aromatic carbocycles. The second kappa shape index (κ2) is 5.46. The summed E-state index contributed by atoms with van der Waals surface area (Å²) in [5.74, 6) is -0.501. The number of aliphatic hydroxyl groups is 1. The van der Waals surface area contributed by atoms with Crippen molar-refractivity contribution >= 4 is 22.6 Å². The average molecular weight is 246 g/mol. The Hall–Kier alpha value is -2.14. The molecule has 0 aliphatic rings. The Kier molecular flexibility index (Phi) is 3.74. The van der Waals surface area contributed by atoms with Crippen LogP contribution >= 0.6 is 0 Å². The van der Waals surface area contributed by atoms with Gasteiger partial charge in [-0.2, -0.15) is 0 Å². The molecule has 0 bridgehead atoms. The van der Waals surface area contributed by atoms with Crippen molar-refractivity contribution in [3.05, 3.63) is 36.5 Å². The number of aromatic nitrogens is 1. The maximum absolute atomic E-state index is 11.4. The lowest BCUT2D eigenvalue weighted by Gasteiger charge is -2.16. The minimum atomic E-state index is -0.777. The summed E-state index contributed by atoms with van der Waals surface area (Å²) in [6, 6.07) is 8.54. The molecule has 0 aliphatic carbocycles. The van der Waals surface area contributed by atoms with Crippen LogP contribution in [0.25, 0.3) is 10.9 Å². The number of pyridine rings is 1. The summed E-state index contributed by atoms with van der Waals surface area (Å²) in [4.78, 5) is 15.6. The van der Waals surface area contributed by atoms with E-state index in [4.69, 9.17) is 0 Å². The Labute approximate surface area is 104 Å². The van der Waals surface area contributed by atoms with Crippen molar-refractivity contribution < 1.29 is 14.6 Å². The van der Waals surface area contributed by atoms with Crippen LogP contribution in [0.3, 0.4) is 0 Å². The van der Waals surface area contributed by atoms with Crippen molar-refractivity contribution in [2.24, 2.45) is 0 Å². The van der Waals surface area contributed by atoms with Gasteiger partial charge in [0, 0.05) is 17.3 Å². The lowest BCUT2D eigenvalue weighted by molar-refractivity contribution is -0.142. The van der Waals surface area contributed by atoms with Crippen LogP contribution in [0.15, 0.2) is 36.5 Å².